The molecule has 2 aromatic rings. The first-order valence-corrected chi connectivity index (χ1v) is 11.3. The molecule has 1 aliphatic rings. The predicted molar refractivity (Wildman–Crippen MR) is 107 cm³/mol. The number of likely N-dealkylation sites (N-methyl/N-ethyl adjacent to an activating group) is 1. The van der Waals surface area contributed by atoms with Crippen molar-refractivity contribution in [2.75, 3.05) is 27.2 Å². The minimum atomic E-state index is -3.52. The second-order valence-electron chi connectivity index (χ2n) is 6.79. The number of piperidine rings is 1. The number of sulfonamides is 1. The number of rotatable bonds is 6. The first kappa shape index (κ1) is 20.0. The van der Waals surface area contributed by atoms with Crippen LogP contribution in [0.3, 0.4) is 0 Å². The largest absolute Gasteiger partial charge is 0.337 e. The van der Waals surface area contributed by atoms with Crippen LogP contribution >= 0.6 is 11.3 Å². The average Bonchev–Trinajstić information content (AvgIpc) is 3.19. The number of benzene rings is 1. The van der Waals surface area contributed by atoms with Crippen molar-refractivity contribution in [3.8, 4) is 0 Å². The Morgan fingerprint density at radius 1 is 1.33 bits per heavy atom. The van der Waals surface area contributed by atoms with Crippen LogP contribution in [0.4, 0.5) is 0 Å². The summed E-state index contributed by atoms with van der Waals surface area (Å²) in [4.78, 5) is 17.6. The third kappa shape index (κ3) is 4.76. The molecule has 1 N–H and O–H groups in total. The van der Waals surface area contributed by atoms with Crippen molar-refractivity contribution in [3.05, 3.63) is 52.2 Å². The van der Waals surface area contributed by atoms with Gasteiger partial charge in [0.2, 0.25) is 10.0 Å². The van der Waals surface area contributed by atoms with Crippen LogP contribution in [0.1, 0.15) is 28.1 Å². The number of amides is 1. The van der Waals surface area contributed by atoms with E-state index in [9.17, 15) is 13.2 Å². The van der Waals surface area contributed by atoms with E-state index in [2.05, 4.69) is 21.8 Å². The molecule has 1 aromatic heterocycles. The lowest BCUT2D eigenvalue weighted by Gasteiger charge is -2.37. The Hall–Kier alpha value is -1.74. The lowest BCUT2D eigenvalue weighted by Crippen LogP contribution is -2.48. The quantitative estimate of drug-likeness (QED) is 0.798. The Kier molecular flexibility index (Phi) is 6.31. The summed E-state index contributed by atoms with van der Waals surface area (Å²) in [5.41, 5.74) is 1.27. The van der Waals surface area contributed by atoms with Crippen molar-refractivity contribution in [3.63, 3.8) is 0 Å². The summed E-state index contributed by atoms with van der Waals surface area (Å²) >= 11 is 1.17. The van der Waals surface area contributed by atoms with E-state index in [4.69, 9.17) is 0 Å². The van der Waals surface area contributed by atoms with E-state index in [1.165, 1.54) is 35.4 Å². The molecule has 1 fully saturated rings. The van der Waals surface area contributed by atoms with Gasteiger partial charge < -0.3 is 4.90 Å². The molecule has 146 valence electrons. The van der Waals surface area contributed by atoms with Gasteiger partial charge in [0, 0.05) is 31.6 Å². The molecule has 1 aromatic carbocycles. The summed E-state index contributed by atoms with van der Waals surface area (Å²) < 4.78 is 26.1. The third-order valence-electron chi connectivity index (χ3n) is 4.96. The van der Waals surface area contributed by atoms with Gasteiger partial charge in [-0.15, -0.1) is 11.3 Å². The molecular formula is C19H25N3O3S2. The molecule has 1 saturated heterocycles. The normalized spacial score (nSPS) is 18.4. The van der Waals surface area contributed by atoms with Crippen molar-refractivity contribution >= 4 is 27.3 Å². The summed E-state index contributed by atoms with van der Waals surface area (Å²) in [5, 5.41) is 1.51. The number of carbonyl (C=O) groups excluding carboxylic acids is 1. The number of thiophene rings is 1. The molecular weight excluding hydrogens is 382 g/mol. The Balaban J connectivity index is 1.66. The van der Waals surface area contributed by atoms with Gasteiger partial charge in [-0.3, -0.25) is 9.69 Å². The fourth-order valence-electron chi connectivity index (χ4n) is 3.36. The van der Waals surface area contributed by atoms with Crippen molar-refractivity contribution in [1.82, 2.24) is 14.5 Å². The second kappa shape index (κ2) is 8.52. The van der Waals surface area contributed by atoms with Gasteiger partial charge in [-0.05, 0) is 38.1 Å². The summed E-state index contributed by atoms with van der Waals surface area (Å²) in [6, 6.07) is 11.9. The maximum absolute atomic E-state index is 12.8. The van der Waals surface area contributed by atoms with Crippen LogP contribution in [0.5, 0.6) is 0 Å². The lowest BCUT2D eigenvalue weighted by molar-refractivity contribution is 0.0614. The van der Waals surface area contributed by atoms with Gasteiger partial charge in [-0.2, -0.15) is 0 Å². The van der Waals surface area contributed by atoms with Crippen LogP contribution < -0.4 is 4.72 Å². The van der Waals surface area contributed by atoms with E-state index in [1.54, 1.807) is 4.90 Å². The number of hydrogen-bond donors (Lipinski definition) is 1. The molecule has 27 heavy (non-hydrogen) atoms. The van der Waals surface area contributed by atoms with Crippen molar-refractivity contribution < 1.29 is 13.2 Å². The summed E-state index contributed by atoms with van der Waals surface area (Å²) in [7, 11) is -0.348. The van der Waals surface area contributed by atoms with Crippen LogP contribution in [0.15, 0.2) is 46.7 Å². The molecule has 8 heteroatoms. The maximum Gasteiger partial charge on any atom is 0.263 e. The molecule has 1 atom stereocenters. The Labute approximate surface area is 164 Å². The molecule has 1 amide bonds. The number of nitrogens with one attached hydrogen (secondary N) is 1. The van der Waals surface area contributed by atoms with Gasteiger partial charge in [0.25, 0.3) is 5.91 Å². The molecule has 0 spiro atoms. The van der Waals surface area contributed by atoms with Gasteiger partial charge in [0.05, 0.1) is 9.77 Å². The molecule has 0 aliphatic carbocycles. The monoisotopic (exact) mass is 407 g/mol. The van der Waals surface area contributed by atoms with Crippen molar-refractivity contribution in [2.24, 2.45) is 0 Å². The Morgan fingerprint density at radius 2 is 2.07 bits per heavy atom. The first-order chi connectivity index (χ1) is 12.9. The zero-order valence-corrected chi connectivity index (χ0v) is 17.2. The topological polar surface area (TPSA) is 69.7 Å². The van der Waals surface area contributed by atoms with Crippen molar-refractivity contribution in [1.29, 1.82) is 0 Å². The van der Waals surface area contributed by atoms with E-state index < -0.39 is 10.0 Å². The fraction of sp³-hybridized carbons (Fsp3) is 0.421. The third-order valence-corrected chi connectivity index (χ3v) is 7.42. The zero-order chi connectivity index (χ0) is 19.4. The van der Waals surface area contributed by atoms with Crippen LogP contribution in [0.2, 0.25) is 0 Å². The van der Waals surface area contributed by atoms with Gasteiger partial charge >= 0.3 is 0 Å². The van der Waals surface area contributed by atoms with Gasteiger partial charge in [-0.25, -0.2) is 13.1 Å². The summed E-state index contributed by atoms with van der Waals surface area (Å²) in [5.74, 6) is -0.121. The molecule has 0 bridgehead atoms. The molecule has 1 aliphatic heterocycles. The first-order valence-electron chi connectivity index (χ1n) is 8.96. The van der Waals surface area contributed by atoms with E-state index in [0.29, 0.717) is 4.88 Å². The highest BCUT2D eigenvalue weighted by atomic mass is 32.2. The molecule has 1 unspecified atom stereocenters. The van der Waals surface area contributed by atoms with Gasteiger partial charge in [0.15, 0.2) is 0 Å². The molecule has 6 nitrogen and oxygen atoms in total. The van der Waals surface area contributed by atoms with Gasteiger partial charge in [0.1, 0.15) is 0 Å². The average molecular weight is 408 g/mol. The van der Waals surface area contributed by atoms with Crippen LogP contribution in [0.25, 0.3) is 0 Å². The van der Waals surface area contributed by atoms with Crippen molar-refractivity contribution in [2.45, 2.75) is 30.3 Å². The number of carbonyl (C=O) groups is 1. The van der Waals surface area contributed by atoms with Crippen LogP contribution in [0, 0.1) is 0 Å². The highest BCUT2D eigenvalue weighted by Crippen LogP contribution is 2.23. The summed E-state index contributed by atoms with van der Waals surface area (Å²) in [6.07, 6.45) is 2.00. The Bertz CT molecular complexity index is 881. The fourth-order valence-corrected chi connectivity index (χ4v) is 5.35. The maximum atomic E-state index is 12.8. The SMILES string of the molecule is CNS(=O)(=O)c1csc(C(=O)N(C)C2CCCN(Cc3ccccc3)C2)c1. The van der Waals surface area contributed by atoms with Crippen LogP contribution in [-0.2, 0) is 16.6 Å². The standard InChI is InChI=1S/C19H25N3O3S2/c1-20-27(24,25)17-11-18(26-14-17)19(23)21(2)16-9-6-10-22(13-16)12-15-7-4-3-5-8-15/h3-5,7-8,11,14,16,20H,6,9-10,12-13H2,1-2H3. The zero-order valence-electron chi connectivity index (χ0n) is 15.6. The molecule has 0 saturated carbocycles. The van der Waals surface area contributed by atoms with E-state index in [1.807, 2.05) is 25.2 Å². The smallest absolute Gasteiger partial charge is 0.263 e. The molecule has 3 rings (SSSR count). The minimum Gasteiger partial charge on any atom is -0.337 e. The number of nitrogens with zero attached hydrogens (tertiary/aromatic N) is 2. The second-order valence-corrected chi connectivity index (χ2v) is 9.58. The summed E-state index contributed by atoms with van der Waals surface area (Å²) in [6.45, 7) is 2.73. The number of hydrogen-bond acceptors (Lipinski definition) is 5. The lowest BCUT2D eigenvalue weighted by atomic mass is 10.0. The molecule has 2 heterocycles. The van der Waals surface area contributed by atoms with E-state index >= 15 is 0 Å². The van der Waals surface area contributed by atoms with E-state index in [-0.39, 0.29) is 16.8 Å². The number of likely N-dealkylation sites (tertiary alicyclic amines) is 1. The Morgan fingerprint density at radius 3 is 2.78 bits per heavy atom. The van der Waals surface area contributed by atoms with Gasteiger partial charge in [-0.1, -0.05) is 30.3 Å². The highest BCUT2D eigenvalue weighted by Gasteiger charge is 2.28. The minimum absolute atomic E-state index is 0.121. The van der Waals surface area contributed by atoms with E-state index in [0.717, 1.165) is 32.5 Å². The molecule has 0 radical (unpaired) electrons. The van der Waals surface area contributed by atoms with Crippen LogP contribution in [-0.4, -0.2) is 57.4 Å². The highest BCUT2D eigenvalue weighted by molar-refractivity contribution is 7.89. The predicted octanol–water partition coefficient (Wildman–Crippen LogP) is 2.39.